The van der Waals surface area contributed by atoms with Crippen LogP contribution in [0.15, 0.2) is 30.3 Å². The summed E-state index contributed by atoms with van der Waals surface area (Å²) in [5.41, 5.74) is 6.73. The Bertz CT molecular complexity index is 402. The molecule has 1 rings (SSSR count). The molecule has 0 bridgehead atoms. The second kappa shape index (κ2) is 8.02. The molecule has 0 heterocycles. The third-order valence-electron chi connectivity index (χ3n) is 4.22. The van der Waals surface area contributed by atoms with E-state index in [-0.39, 0.29) is 17.9 Å². The van der Waals surface area contributed by atoms with Crippen LogP contribution in [0.2, 0.25) is 0 Å². The molecule has 4 N–H and O–H groups in total. The molecule has 1 aromatic carbocycles. The average Bonchev–Trinajstić information content (AvgIpc) is 2.51. The number of carbonyl (C=O) groups is 1. The fourth-order valence-corrected chi connectivity index (χ4v) is 2.38. The highest BCUT2D eigenvalue weighted by atomic mass is 16.3. The van der Waals surface area contributed by atoms with Crippen LogP contribution >= 0.6 is 0 Å². The van der Waals surface area contributed by atoms with Crippen LogP contribution in [0, 0.1) is 5.41 Å². The smallest absolute Gasteiger partial charge is 0.241 e. The quantitative estimate of drug-likeness (QED) is 0.680. The van der Waals surface area contributed by atoms with Crippen molar-refractivity contribution in [3.63, 3.8) is 0 Å². The third kappa shape index (κ3) is 4.32. The number of rotatable bonds is 8. The minimum Gasteiger partial charge on any atom is -0.396 e. The molecule has 0 fully saturated rings. The highest BCUT2D eigenvalue weighted by Crippen LogP contribution is 2.29. The molecule has 0 aliphatic heterocycles. The van der Waals surface area contributed by atoms with E-state index in [4.69, 9.17) is 5.73 Å². The Labute approximate surface area is 121 Å². The van der Waals surface area contributed by atoms with E-state index in [9.17, 15) is 9.90 Å². The van der Waals surface area contributed by atoms with Crippen molar-refractivity contribution in [3.05, 3.63) is 35.9 Å². The van der Waals surface area contributed by atoms with E-state index in [1.807, 2.05) is 30.3 Å². The van der Waals surface area contributed by atoms with Gasteiger partial charge in [0.05, 0.1) is 0 Å². The van der Waals surface area contributed by atoms with Gasteiger partial charge in [-0.3, -0.25) is 4.79 Å². The van der Waals surface area contributed by atoms with Crippen LogP contribution in [0.1, 0.15) is 44.7 Å². The van der Waals surface area contributed by atoms with E-state index in [1.165, 1.54) is 0 Å². The van der Waals surface area contributed by atoms with Gasteiger partial charge in [0.2, 0.25) is 5.91 Å². The summed E-state index contributed by atoms with van der Waals surface area (Å²) in [4.78, 5) is 12.1. The first-order valence-electron chi connectivity index (χ1n) is 7.27. The van der Waals surface area contributed by atoms with Gasteiger partial charge in [-0.05, 0) is 30.2 Å². The zero-order valence-corrected chi connectivity index (χ0v) is 12.4. The van der Waals surface area contributed by atoms with E-state index >= 15 is 0 Å². The van der Waals surface area contributed by atoms with Crippen LogP contribution < -0.4 is 11.1 Å². The first kappa shape index (κ1) is 16.7. The molecule has 4 nitrogen and oxygen atoms in total. The molecule has 4 heteroatoms. The minimum absolute atomic E-state index is 0.0409. The van der Waals surface area contributed by atoms with Crippen molar-refractivity contribution in [2.75, 3.05) is 13.2 Å². The molecule has 112 valence electrons. The minimum atomic E-state index is -0.642. The van der Waals surface area contributed by atoms with Crippen molar-refractivity contribution in [2.45, 2.75) is 39.2 Å². The van der Waals surface area contributed by atoms with Gasteiger partial charge in [0.15, 0.2) is 0 Å². The molecule has 1 unspecified atom stereocenters. The molecule has 20 heavy (non-hydrogen) atoms. The lowest BCUT2D eigenvalue weighted by atomic mass is 9.79. The summed E-state index contributed by atoms with van der Waals surface area (Å²) < 4.78 is 0. The van der Waals surface area contributed by atoms with Gasteiger partial charge in [-0.1, -0.05) is 44.2 Å². The van der Waals surface area contributed by atoms with Crippen LogP contribution in [0.5, 0.6) is 0 Å². The summed E-state index contributed by atoms with van der Waals surface area (Å²) in [7, 11) is 0. The van der Waals surface area contributed by atoms with Crippen molar-refractivity contribution >= 4 is 5.91 Å². The summed E-state index contributed by atoms with van der Waals surface area (Å²) in [5.74, 6) is -0.166. The highest BCUT2D eigenvalue weighted by Gasteiger charge is 2.27. The van der Waals surface area contributed by atoms with E-state index in [2.05, 4.69) is 19.2 Å². The maximum Gasteiger partial charge on any atom is 0.241 e. The predicted octanol–water partition coefficient (Wildman–Crippen LogP) is 1.99. The number of benzene rings is 1. The molecule has 0 saturated heterocycles. The number of hydrogen-bond donors (Lipinski definition) is 3. The lowest BCUT2D eigenvalue weighted by Gasteiger charge is -2.31. The van der Waals surface area contributed by atoms with Crippen molar-refractivity contribution < 1.29 is 9.90 Å². The maximum atomic E-state index is 12.1. The number of amides is 1. The zero-order valence-electron chi connectivity index (χ0n) is 12.4. The Hall–Kier alpha value is -1.39. The van der Waals surface area contributed by atoms with Gasteiger partial charge in [0.1, 0.15) is 6.04 Å². The van der Waals surface area contributed by atoms with Crippen molar-refractivity contribution in [1.29, 1.82) is 0 Å². The Morgan fingerprint density at radius 1 is 1.30 bits per heavy atom. The Morgan fingerprint density at radius 2 is 1.90 bits per heavy atom. The summed E-state index contributed by atoms with van der Waals surface area (Å²) in [6.45, 7) is 4.87. The lowest BCUT2D eigenvalue weighted by molar-refractivity contribution is -0.123. The van der Waals surface area contributed by atoms with Crippen LogP contribution in [-0.2, 0) is 4.79 Å². The van der Waals surface area contributed by atoms with Gasteiger partial charge in [0.25, 0.3) is 0 Å². The van der Waals surface area contributed by atoms with Crippen LogP contribution in [-0.4, -0.2) is 24.2 Å². The van der Waals surface area contributed by atoms with E-state index in [0.29, 0.717) is 13.0 Å². The first-order chi connectivity index (χ1) is 9.58. The summed E-state index contributed by atoms with van der Waals surface area (Å²) >= 11 is 0. The standard InChI is InChI=1S/C16H26N2O2/c1-3-16(4-2,10-11-19)12-18-15(20)14(17)13-8-6-5-7-9-13/h5-9,14,19H,3-4,10-12,17H2,1-2H3,(H,18,20). The molecule has 0 saturated carbocycles. The largest absolute Gasteiger partial charge is 0.396 e. The van der Waals surface area contributed by atoms with E-state index < -0.39 is 6.04 Å². The second-order valence-electron chi connectivity index (χ2n) is 5.29. The fraction of sp³-hybridized carbons (Fsp3) is 0.562. The van der Waals surface area contributed by atoms with Crippen LogP contribution in [0.3, 0.4) is 0 Å². The molecule has 1 aromatic rings. The highest BCUT2D eigenvalue weighted by molar-refractivity contribution is 5.82. The molecular weight excluding hydrogens is 252 g/mol. The van der Waals surface area contributed by atoms with Crippen LogP contribution in [0.25, 0.3) is 0 Å². The van der Waals surface area contributed by atoms with Gasteiger partial charge < -0.3 is 16.2 Å². The van der Waals surface area contributed by atoms with Gasteiger partial charge >= 0.3 is 0 Å². The maximum absolute atomic E-state index is 12.1. The summed E-state index contributed by atoms with van der Waals surface area (Å²) in [6, 6.07) is 8.70. The summed E-state index contributed by atoms with van der Waals surface area (Å²) in [6.07, 6.45) is 2.54. The third-order valence-corrected chi connectivity index (χ3v) is 4.22. The number of nitrogens with two attached hydrogens (primary N) is 1. The molecule has 1 atom stereocenters. The summed E-state index contributed by atoms with van der Waals surface area (Å²) in [5, 5.41) is 12.1. The topological polar surface area (TPSA) is 75.3 Å². The molecule has 0 aromatic heterocycles. The predicted molar refractivity (Wildman–Crippen MR) is 81.1 cm³/mol. The average molecular weight is 278 g/mol. The second-order valence-corrected chi connectivity index (χ2v) is 5.29. The molecular formula is C16H26N2O2. The van der Waals surface area contributed by atoms with Gasteiger partial charge in [0, 0.05) is 13.2 Å². The number of nitrogens with one attached hydrogen (secondary N) is 1. The Morgan fingerprint density at radius 3 is 2.40 bits per heavy atom. The number of aliphatic hydroxyl groups excluding tert-OH is 1. The normalized spacial score (nSPS) is 13.0. The van der Waals surface area contributed by atoms with E-state index in [1.54, 1.807) is 0 Å². The van der Waals surface area contributed by atoms with Crippen molar-refractivity contribution in [3.8, 4) is 0 Å². The Kier molecular flexibility index (Phi) is 6.68. The van der Waals surface area contributed by atoms with Crippen molar-refractivity contribution in [2.24, 2.45) is 11.1 Å². The molecule has 0 radical (unpaired) electrons. The molecule has 1 amide bonds. The van der Waals surface area contributed by atoms with Gasteiger partial charge in [-0.15, -0.1) is 0 Å². The number of hydrogen-bond acceptors (Lipinski definition) is 3. The van der Waals surface area contributed by atoms with Crippen LogP contribution in [0.4, 0.5) is 0 Å². The molecule has 0 spiro atoms. The van der Waals surface area contributed by atoms with Crippen molar-refractivity contribution in [1.82, 2.24) is 5.32 Å². The first-order valence-corrected chi connectivity index (χ1v) is 7.27. The number of aliphatic hydroxyl groups is 1. The zero-order chi connectivity index (χ0) is 15.0. The SMILES string of the molecule is CCC(CC)(CCO)CNC(=O)C(N)c1ccccc1. The number of carbonyl (C=O) groups excluding carboxylic acids is 1. The Balaban J connectivity index is 2.62. The van der Waals surface area contributed by atoms with Gasteiger partial charge in [-0.2, -0.15) is 0 Å². The molecule has 0 aliphatic rings. The lowest BCUT2D eigenvalue weighted by Crippen LogP contribution is -2.41. The fourth-order valence-electron chi connectivity index (χ4n) is 2.38. The molecule has 0 aliphatic carbocycles. The monoisotopic (exact) mass is 278 g/mol. The van der Waals surface area contributed by atoms with Gasteiger partial charge in [-0.25, -0.2) is 0 Å². The van der Waals surface area contributed by atoms with E-state index in [0.717, 1.165) is 18.4 Å².